The van der Waals surface area contributed by atoms with Crippen molar-refractivity contribution < 1.29 is 0 Å². The molecule has 1 nitrogen and oxygen atoms in total. The molecule has 0 saturated heterocycles. The molecule has 1 aliphatic carbocycles. The van der Waals surface area contributed by atoms with Crippen LogP contribution in [-0.4, -0.2) is 25.5 Å². The first kappa shape index (κ1) is 10.0. The van der Waals surface area contributed by atoms with Gasteiger partial charge < -0.3 is 4.90 Å². The van der Waals surface area contributed by atoms with E-state index in [0.29, 0.717) is 0 Å². The van der Waals surface area contributed by atoms with Gasteiger partial charge in [-0.3, -0.25) is 0 Å². The second kappa shape index (κ2) is 4.27. The van der Waals surface area contributed by atoms with E-state index in [0.717, 1.165) is 17.8 Å². The molecule has 0 heterocycles. The molecule has 0 spiro atoms. The minimum atomic E-state index is 0.972. The predicted octanol–water partition coefficient (Wildman–Crippen LogP) is 2.62. The van der Waals surface area contributed by atoms with Gasteiger partial charge in [-0.15, -0.1) is 0 Å². The maximum atomic E-state index is 2.42. The maximum absolute atomic E-state index is 2.42. The topological polar surface area (TPSA) is 3.24 Å². The molecule has 1 rings (SSSR count). The molecule has 1 fully saturated rings. The SMILES string of the molecule is CC1CCC(C)C1CCN(C)C. The Morgan fingerprint density at radius 3 is 2.00 bits per heavy atom. The van der Waals surface area contributed by atoms with Crippen LogP contribution in [0.5, 0.6) is 0 Å². The molecule has 12 heavy (non-hydrogen) atoms. The van der Waals surface area contributed by atoms with E-state index in [-0.39, 0.29) is 0 Å². The van der Waals surface area contributed by atoms with Gasteiger partial charge in [-0.1, -0.05) is 26.7 Å². The van der Waals surface area contributed by atoms with E-state index < -0.39 is 0 Å². The molecular weight excluding hydrogens is 146 g/mol. The zero-order chi connectivity index (χ0) is 9.14. The van der Waals surface area contributed by atoms with E-state index >= 15 is 0 Å². The van der Waals surface area contributed by atoms with Gasteiger partial charge in [-0.2, -0.15) is 0 Å². The lowest BCUT2D eigenvalue weighted by Gasteiger charge is -2.21. The second-order valence-electron chi connectivity index (χ2n) is 4.79. The van der Waals surface area contributed by atoms with Gasteiger partial charge in [0.2, 0.25) is 0 Å². The third-order valence-corrected chi connectivity index (χ3v) is 3.45. The van der Waals surface area contributed by atoms with E-state index in [1.807, 2.05) is 0 Å². The van der Waals surface area contributed by atoms with Crippen molar-refractivity contribution in [3.8, 4) is 0 Å². The molecule has 1 saturated carbocycles. The van der Waals surface area contributed by atoms with Crippen molar-refractivity contribution in [3.63, 3.8) is 0 Å². The lowest BCUT2D eigenvalue weighted by Crippen LogP contribution is -2.20. The first-order chi connectivity index (χ1) is 5.61. The molecule has 2 atom stereocenters. The summed E-state index contributed by atoms with van der Waals surface area (Å²) < 4.78 is 0. The molecule has 0 bridgehead atoms. The van der Waals surface area contributed by atoms with Crippen LogP contribution in [0, 0.1) is 17.8 Å². The highest BCUT2D eigenvalue weighted by Crippen LogP contribution is 2.38. The Hall–Kier alpha value is -0.0400. The summed E-state index contributed by atoms with van der Waals surface area (Å²) in [4.78, 5) is 2.30. The fraction of sp³-hybridized carbons (Fsp3) is 1.00. The molecule has 0 aromatic heterocycles. The van der Waals surface area contributed by atoms with E-state index in [4.69, 9.17) is 0 Å². The standard InChI is InChI=1S/C11H23N/c1-9-5-6-10(2)11(9)7-8-12(3)4/h9-11H,5-8H2,1-4H3. The van der Waals surface area contributed by atoms with Crippen molar-refractivity contribution in [3.05, 3.63) is 0 Å². The van der Waals surface area contributed by atoms with Gasteiger partial charge in [0, 0.05) is 0 Å². The highest BCUT2D eigenvalue weighted by Gasteiger charge is 2.29. The summed E-state index contributed by atoms with van der Waals surface area (Å²) in [6.45, 7) is 6.10. The van der Waals surface area contributed by atoms with Crippen molar-refractivity contribution in [1.29, 1.82) is 0 Å². The molecule has 1 aliphatic rings. The third-order valence-electron chi connectivity index (χ3n) is 3.45. The van der Waals surface area contributed by atoms with Crippen LogP contribution in [0.2, 0.25) is 0 Å². The number of nitrogens with zero attached hydrogens (tertiary/aromatic N) is 1. The Kier molecular flexibility index (Phi) is 3.57. The Balaban J connectivity index is 2.29. The summed E-state index contributed by atoms with van der Waals surface area (Å²) in [6, 6.07) is 0. The number of hydrogen-bond acceptors (Lipinski definition) is 1. The normalized spacial score (nSPS) is 36.2. The molecule has 2 unspecified atom stereocenters. The molecule has 0 radical (unpaired) electrons. The zero-order valence-corrected chi connectivity index (χ0v) is 9.01. The smallest absolute Gasteiger partial charge is 0.00220 e. The van der Waals surface area contributed by atoms with Gasteiger partial charge in [-0.05, 0) is 44.8 Å². The maximum Gasteiger partial charge on any atom is -0.00220 e. The quantitative estimate of drug-likeness (QED) is 0.628. The molecule has 0 aliphatic heterocycles. The van der Waals surface area contributed by atoms with Crippen LogP contribution in [0.4, 0.5) is 0 Å². The summed E-state index contributed by atoms with van der Waals surface area (Å²) in [5, 5.41) is 0. The van der Waals surface area contributed by atoms with Crippen LogP contribution in [0.1, 0.15) is 33.1 Å². The van der Waals surface area contributed by atoms with Crippen LogP contribution < -0.4 is 0 Å². The van der Waals surface area contributed by atoms with Gasteiger partial charge in [0.25, 0.3) is 0 Å². The monoisotopic (exact) mass is 169 g/mol. The molecule has 0 amide bonds. The van der Waals surface area contributed by atoms with E-state index in [2.05, 4.69) is 32.8 Å². The Labute approximate surface area is 77.1 Å². The number of hydrogen-bond donors (Lipinski definition) is 0. The average Bonchev–Trinajstić information content (AvgIpc) is 2.28. The fourth-order valence-electron chi connectivity index (χ4n) is 2.49. The van der Waals surface area contributed by atoms with Gasteiger partial charge >= 0.3 is 0 Å². The first-order valence-corrected chi connectivity index (χ1v) is 5.26. The number of rotatable bonds is 3. The summed E-state index contributed by atoms with van der Waals surface area (Å²) in [7, 11) is 4.34. The fourth-order valence-corrected chi connectivity index (χ4v) is 2.49. The van der Waals surface area contributed by atoms with Gasteiger partial charge in [0.15, 0.2) is 0 Å². The predicted molar refractivity (Wildman–Crippen MR) is 54.2 cm³/mol. The van der Waals surface area contributed by atoms with Crippen molar-refractivity contribution in [2.24, 2.45) is 17.8 Å². The minimum Gasteiger partial charge on any atom is -0.309 e. The molecule has 0 aromatic rings. The van der Waals surface area contributed by atoms with E-state index in [1.54, 1.807) is 0 Å². The second-order valence-corrected chi connectivity index (χ2v) is 4.79. The Morgan fingerprint density at radius 1 is 1.08 bits per heavy atom. The lowest BCUT2D eigenvalue weighted by molar-refractivity contribution is 0.275. The lowest BCUT2D eigenvalue weighted by atomic mass is 9.88. The largest absolute Gasteiger partial charge is 0.309 e. The van der Waals surface area contributed by atoms with Crippen LogP contribution in [-0.2, 0) is 0 Å². The molecule has 0 N–H and O–H groups in total. The van der Waals surface area contributed by atoms with E-state index in [1.165, 1.54) is 25.8 Å². The average molecular weight is 169 g/mol. The van der Waals surface area contributed by atoms with Crippen molar-refractivity contribution in [2.75, 3.05) is 20.6 Å². The van der Waals surface area contributed by atoms with Gasteiger partial charge in [0.1, 0.15) is 0 Å². The van der Waals surface area contributed by atoms with Crippen molar-refractivity contribution in [2.45, 2.75) is 33.1 Å². The van der Waals surface area contributed by atoms with Crippen LogP contribution in [0.15, 0.2) is 0 Å². The van der Waals surface area contributed by atoms with Crippen molar-refractivity contribution >= 4 is 0 Å². The van der Waals surface area contributed by atoms with Crippen LogP contribution >= 0.6 is 0 Å². The third kappa shape index (κ3) is 2.48. The summed E-state index contributed by atoms with van der Waals surface area (Å²) in [5.74, 6) is 2.94. The Morgan fingerprint density at radius 2 is 1.58 bits per heavy atom. The summed E-state index contributed by atoms with van der Waals surface area (Å²) in [5.41, 5.74) is 0. The van der Waals surface area contributed by atoms with Gasteiger partial charge in [0.05, 0.1) is 0 Å². The van der Waals surface area contributed by atoms with Crippen LogP contribution in [0.3, 0.4) is 0 Å². The Bertz CT molecular complexity index is 121. The first-order valence-electron chi connectivity index (χ1n) is 5.26. The van der Waals surface area contributed by atoms with Gasteiger partial charge in [-0.25, -0.2) is 0 Å². The highest BCUT2D eigenvalue weighted by molar-refractivity contribution is 4.80. The summed E-state index contributed by atoms with van der Waals surface area (Å²) >= 11 is 0. The van der Waals surface area contributed by atoms with Crippen molar-refractivity contribution in [1.82, 2.24) is 4.90 Å². The zero-order valence-electron chi connectivity index (χ0n) is 9.01. The van der Waals surface area contributed by atoms with Crippen LogP contribution in [0.25, 0.3) is 0 Å². The molecule has 0 aromatic carbocycles. The summed E-state index contributed by atoms with van der Waals surface area (Å²) in [6.07, 6.45) is 4.31. The minimum absolute atomic E-state index is 0.972. The molecule has 1 heteroatoms. The van der Waals surface area contributed by atoms with E-state index in [9.17, 15) is 0 Å². The molecule has 72 valence electrons. The molecular formula is C11H23N. The highest BCUT2D eigenvalue weighted by atomic mass is 15.0.